The Morgan fingerprint density at radius 1 is 1.11 bits per heavy atom. The molecule has 0 spiro atoms. The molecule has 3 aliphatic carbocycles. The molecule has 3 fully saturated rings. The van der Waals surface area contributed by atoms with Gasteiger partial charge in [-0.15, -0.1) is 0 Å². The van der Waals surface area contributed by atoms with Crippen LogP contribution in [-0.2, 0) is 0 Å². The molecule has 0 saturated heterocycles. The van der Waals surface area contributed by atoms with Crippen molar-refractivity contribution in [3.63, 3.8) is 0 Å². The molecule has 1 aromatic rings. The minimum Gasteiger partial charge on any atom is -0.382 e. The molecular weight excluding hydrogens is 237 g/mol. The molecule has 19 heavy (non-hydrogen) atoms. The monoisotopic (exact) mass is 259 g/mol. The maximum Gasteiger partial charge on any atom is 0.125 e. The standard InChI is InChI=1S/C17H22FN/c1-10-5-6-12(18)9-16(10)19-17-8-11-7-15(17)14-4-2-3-13(11)14/h5-6,9,11,13-15,17,19H,2-4,7-8H2,1H3. The van der Waals surface area contributed by atoms with Crippen LogP contribution in [-0.4, -0.2) is 6.04 Å². The maximum absolute atomic E-state index is 13.4. The molecule has 0 radical (unpaired) electrons. The van der Waals surface area contributed by atoms with E-state index in [-0.39, 0.29) is 5.82 Å². The summed E-state index contributed by atoms with van der Waals surface area (Å²) in [7, 11) is 0. The van der Waals surface area contributed by atoms with Crippen LogP contribution in [0.25, 0.3) is 0 Å². The highest BCUT2D eigenvalue weighted by Crippen LogP contribution is 2.59. The number of hydrogen-bond donors (Lipinski definition) is 1. The van der Waals surface area contributed by atoms with Gasteiger partial charge in [-0.2, -0.15) is 0 Å². The third kappa shape index (κ3) is 1.79. The molecule has 4 rings (SSSR count). The Hall–Kier alpha value is -1.05. The van der Waals surface area contributed by atoms with Gasteiger partial charge in [0.15, 0.2) is 0 Å². The van der Waals surface area contributed by atoms with E-state index in [0.29, 0.717) is 6.04 Å². The average molecular weight is 259 g/mol. The smallest absolute Gasteiger partial charge is 0.125 e. The van der Waals surface area contributed by atoms with Crippen LogP contribution in [0.1, 0.15) is 37.7 Å². The summed E-state index contributed by atoms with van der Waals surface area (Å²) in [5.74, 6) is 3.65. The topological polar surface area (TPSA) is 12.0 Å². The second kappa shape index (κ2) is 4.22. The Morgan fingerprint density at radius 3 is 2.84 bits per heavy atom. The molecule has 0 aromatic heterocycles. The number of halogens is 1. The predicted molar refractivity (Wildman–Crippen MR) is 75.6 cm³/mol. The third-order valence-corrected chi connectivity index (χ3v) is 5.97. The number of nitrogens with one attached hydrogen (secondary N) is 1. The van der Waals surface area contributed by atoms with E-state index < -0.39 is 0 Å². The molecule has 3 saturated carbocycles. The predicted octanol–water partition coefficient (Wildman–Crippen LogP) is 4.37. The van der Waals surface area contributed by atoms with Gasteiger partial charge in [0.1, 0.15) is 5.82 Å². The molecule has 1 aromatic carbocycles. The van der Waals surface area contributed by atoms with Crippen LogP contribution >= 0.6 is 0 Å². The number of rotatable bonds is 2. The van der Waals surface area contributed by atoms with E-state index >= 15 is 0 Å². The molecule has 5 unspecified atom stereocenters. The minimum atomic E-state index is -0.130. The summed E-state index contributed by atoms with van der Waals surface area (Å²) in [5, 5.41) is 3.65. The van der Waals surface area contributed by atoms with Gasteiger partial charge in [0.25, 0.3) is 0 Å². The normalized spacial score (nSPS) is 39.6. The fourth-order valence-corrected chi connectivity index (χ4v) is 5.18. The third-order valence-electron chi connectivity index (χ3n) is 5.97. The highest BCUT2D eigenvalue weighted by Gasteiger charge is 2.53. The van der Waals surface area contributed by atoms with Gasteiger partial charge in [0, 0.05) is 11.7 Å². The van der Waals surface area contributed by atoms with E-state index in [0.717, 1.165) is 34.9 Å². The number of aryl methyl sites for hydroxylation is 1. The molecule has 3 aliphatic rings. The number of fused-ring (bicyclic) bond motifs is 5. The number of hydrogen-bond acceptors (Lipinski definition) is 1. The molecule has 1 N–H and O–H groups in total. The van der Waals surface area contributed by atoms with Crippen molar-refractivity contribution in [3.05, 3.63) is 29.6 Å². The molecule has 2 heteroatoms. The largest absolute Gasteiger partial charge is 0.382 e. The van der Waals surface area contributed by atoms with Crippen molar-refractivity contribution in [1.82, 2.24) is 0 Å². The summed E-state index contributed by atoms with van der Waals surface area (Å²) in [6.07, 6.45) is 7.07. The lowest BCUT2D eigenvalue weighted by Gasteiger charge is -2.33. The average Bonchev–Trinajstić information content (AvgIpc) is 3.05. The van der Waals surface area contributed by atoms with Gasteiger partial charge in [-0.1, -0.05) is 12.5 Å². The fourth-order valence-electron chi connectivity index (χ4n) is 5.18. The highest BCUT2D eigenvalue weighted by atomic mass is 19.1. The summed E-state index contributed by atoms with van der Waals surface area (Å²) < 4.78 is 13.4. The first-order valence-corrected chi connectivity index (χ1v) is 7.75. The number of benzene rings is 1. The van der Waals surface area contributed by atoms with Crippen LogP contribution in [0.3, 0.4) is 0 Å². The fraction of sp³-hybridized carbons (Fsp3) is 0.647. The Kier molecular flexibility index (Phi) is 2.61. The van der Waals surface area contributed by atoms with Crippen molar-refractivity contribution in [2.75, 3.05) is 5.32 Å². The Labute approximate surface area is 114 Å². The van der Waals surface area contributed by atoms with Gasteiger partial charge in [-0.25, -0.2) is 4.39 Å². The van der Waals surface area contributed by atoms with Gasteiger partial charge >= 0.3 is 0 Å². The van der Waals surface area contributed by atoms with Gasteiger partial charge in [-0.05, 0) is 74.0 Å². The van der Waals surface area contributed by atoms with Crippen molar-refractivity contribution in [3.8, 4) is 0 Å². The lowest BCUT2D eigenvalue weighted by atomic mass is 9.79. The summed E-state index contributed by atoms with van der Waals surface area (Å²) in [6, 6.07) is 5.68. The first kappa shape index (κ1) is 11.7. The van der Waals surface area contributed by atoms with Gasteiger partial charge in [-0.3, -0.25) is 0 Å². The first-order valence-electron chi connectivity index (χ1n) is 7.75. The van der Waals surface area contributed by atoms with Crippen LogP contribution in [0, 0.1) is 36.4 Å². The summed E-state index contributed by atoms with van der Waals surface area (Å²) in [5.41, 5.74) is 2.17. The lowest BCUT2D eigenvalue weighted by Crippen LogP contribution is -2.34. The van der Waals surface area contributed by atoms with E-state index in [1.807, 2.05) is 6.07 Å². The first-order chi connectivity index (χ1) is 9.22. The minimum absolute atomic E-state index is 0.130. The molecule has 0 amide bonds. The van der Waals surface area contributed by atoms with Crippen LogP contribution in [0.5, 0.6) is 0 Å². The molecule has 1 nitrogen and oxygen atoms in total. The summed E-state index contributed by atoms with van der Waals surface area (Å²) in [4.78, 5) is 0. The van der Waals surface area contributed by atoms with E-state index in [9.17, 15) is 4.39 Å². The van der Waals surface area contributed by atoms with Crippen molar-refractivity contribution in [2.45, 2.75) is 45.1 Å². The van der Waals surface area contributed by atoms with E-state index in [1.165, 1.54) is 32.1 Å². The zero-order chi connectivity index (χ0) is 13.0. The van der Waals surface area contributed by atoms with E-state index in [1.54, 1.807) is 12.1 Å². The SMILES string of the molecule is Cc1ccc(F)cc1NC1CC2CC1C1CCCC21. The Bertz CT molecular complexity index is 498. The van der Waals surface area contributed by atoms with Crippen molar-refractivity contribution in [2.24, 2.45) is 23.7 Å². The van der Waals surface area contributed by atoms with Crippen LogP contribution < -0.4 is 5.32 Å². The summed E-state index contributed by atoms with van der Waals surface area (Å²) in [6.45, 7) is 2.06. The molecule has 2 bridgehead atoms. The molecule has 5 atom stereocenters. The zero-order valence-electron chi connectivity index (χ0n) is 11.5. The lowest BCUT2D eigenvalue weighted by molar-refractivity contribution is 0.243. The van der Waals surface area contributed by atoms with Crippen LogP contribution in [0.15, 0.2) is 18.2 Å². The van der Waals surface area contributed by atoms with Crippen molar-refractivity contribution < 1.29 is 4.39 Å². The van der Waals surface area contributed by atoms with Gasteiger partial charge in [0.2, 0.25) is 0 Å². The van der Waals surface area contributed by atoms with Crippen LogP contribution in [0.2, 0.25) is 0 Å². The van der Waals surface area contributed by atoms with Crippen LogP contribution in [0.4, 0.5) is 10.1 Å². The van der Waals surface area contributed by atoms with Crippen molar-refractivity contribution >= 4 is 5.69 Å². The Balaban J connectivity index is 1.54. The summed E-state index contributed by atoms with van der Waals surface area (Å²) >= 11 is 0. The van der Waals surface area contributed by atoms with Crippen molar-refractivity contribution in [1.29, 1.82) is 0 Å². The number of anilines is 1. The highest BCUT2D eigenvalue weighted by molar-refractivity contribution is 5.51. The molecular formula is C17H22FN. The Morgan fingerprint density at radius 2 is 1.95 bits per heavy atom. The maximum atomic E-state index is 13.4. The van der Waals surface area contributed by atoms with Gasteiger partial charge < -0.3 is 5.32 Å². The second-order valence-corrected chi connectivity index (χ2v) is 6.86. The molecule has 102 valence electrons. The quantitative estimate of drug-likeness (QED) is 0.831. The van der Waals surface area contributed by atoms with E-state index in [2.05, 4.69) is 12.2 Å². The molecule has 0 aliphatic heterocycles. The molecule has 0 heterocycles. The van der Waals surface area contributed by atoms with Gasteiger partial charge in [0.05, 0.1) is 0 Å². The zero-order valence-corrected chi connectivity index (χ0v) is 11.5. The van der Waals surface area contributed by atoms with E-state index in [4.69, 9.17) is 0 Å². The second-order valence-electron chi connectivity index (χ2n) is 6.86.